The van der Waals surface area contributed by atoms with Crippen LogP contribution in [0.15, 0.2) is 10.9 Å². The highest BCUT2D eigenvalue weighted by Crippen LogP contribution is 2.20. The Bertz CT molecular complexity index is 502. The first-order chi connectivity index (χ1) is 9.63. The van der Waals surface area contributed by atoms with Crippen LogP contribution in [0, 0.1) is 6.92 Å². The van der Waals surface area contributed by atoms with Gasteiger partial charge in [-0.1, -0.05) is 19.8 Å². The van der Waals surface area contributed by atoms with Gasteiger partial charge in [0.25, 0.3) is 0 Å². The van der Waals surface area contributed by atoms with E-state index in [1.165, 1.54) is 25.7 Å². The minimum absolute atomic E-state index is 0.0565. The third-order valence-corrected chi connectivity index (χ3v) is 4.16. The zero-order chi connectivity index (χ0) is 14.5. The quantitative estimate of drug-likeness (QED) is 0.814. The van der Waals surface area contributed by atoms with Crippen LogP contribution in [-0.2, 0) is 13.1 Å². The van der Waals surface area contributed by atoms with E-state index in [4.69, 9.17) is 0 Å². The van der Waals surface area contributed by atoms with Crippen molar-refractivity contribution in [3.05, 3.63) is 27.7 Å². The van der Waals surface area contributed by atoms with Gasteiger partial charge in [0.2, 0.25) is 5.43 Å². The molecule has 0 radical (unpaired) electrons. The number of unbranched alkanes of at least 4 members (excludes halogenated alkanes) is 2. The minimum Gasteiger partial charge on any atom is -0.503 e. The number of hydrogen-bond acceptors (Lipinski definition) is 3. The third-order valence-electron chi connectivity index (χ3n) is 4.16. The Balaban J connectivity index is 2.26. The highest BCUT2D eigenvalue weighted by atomic mass is 16.3. The summed E-state index contributed by atoms with van der Waals surface area (Å²) in [6.07, 6.45) is 5.87. The van der Waals surface area contributed by atoms with E-state index in [1.807, 2.05) is 6.92 Å². The number of rotatable bonds is 6. The van der Waals surface area contributed by atoms with Crippen LogP contribution in [0.4, 0.5) is 0 Å². The Morgan fingerprint density at radius 3 is 2.60 bits per heavy atom. The number of pyridine rings is 1. The Morgan fingerprint density at radius 1 is 1.25 bits per heavy atom. The summed E-state index contributed by atoms with van der Waals surface area (Å²) >= 11 is 0. The molecule has 4 heteroatoms. The van der Waals surface area contributed by atoms with E-state index in [1.54, 1.807) is 6.07 Å². The van der Waals surface area contributed by atoms with E-state index in [0.29, 0.717) is 6.54 Å². The van der Waals surface area contributed by atoms with Gasteiger partial charge in [-0.15, -0.1) is 0 Å². The van der Waals surface area contributed by atoms with Gasteiger partial charge < -0.3 is 9.67 Å². The fourth-order valence-corrected chi connectivity index (χ4v) is 2.96. The van der Waals surface area contributed by atoms with E-state index in [2.05, 4.69) is 16.4 Å². The lowest BCUT2D eigenvalue weighted by molar-refractivity contribution is 0.308. The van der Waals surface area contributed by atoms with Crippen molar-refractivity contribution in [3.8, 4) is 5.75 Å². The number of aromatic nitrogens is 1. The summed E-state index contributed by atoms with van der Waals surface area (Å²) in [7, 11) is 0. The lowest BCUT2D eigenvalue weighted by Gasteiger charge is -2.22. The molecule has 0 amide bonds. The first-order valence-electron chi connectivity index (χ1n) is 7.78. The monoisotopic (exact) mass is 278 g/mol. The zero-order valence-corrected chi connectivity index (χ0v) is 12.7. The van der Waals surface area contributed by atoms with Gasteiger partial charge in [-0.2, -0.15) is 0 Å². The van der Waals surface area contributed by atoms with E-state index in [9.17, 15) is 9.90 Å². The van der Waals surface area contributed by atoms with Crippen LogP contribution < -0.4 is 5.43 Å². The van der Waals surface area contributed by atoms with Gasteiger partial charge in [0.05, 0.1) is 5.69 Å². The number of likely N-dealkylation sites (tertiary alicyclic amines) is 1. The zero-order valence-electron chi connectivity index (χ0n) is 12.7. The maximum absolute atomic E-state index is 11.8. The molecule has 1 aliphatic heterocycles. The van der Waals surface area contributed by atoms with Gasteiger partial charge in [0.15, 0.2) is 5.75 Å². The second-order valence-corrected chi connectivity index (χ2v) is 5.79. The van der Waals surface area contributed by atoms with Gasteiger partial charge in [0.1, 0.15) is 0 Å². The molecule has 1 aromatic rings. The summed E-state index contributed by atoms with van der Waals surface area (Å²) in [5.74, 6) is -0.0565. The van der Waals surface area contributed by atoms with Crippen molar-refractivity contribution >= 4 is 0 Å². The molecular weight excluding hydrogens is 252 g/mol. The van der Waals surface area contributed by atoms with Crippen LogP contribution in [0.3, 0.4) is 0 Å². The second-order valence-electron chi connectivity index (χ2n) is 5.79. The maximum Gasteiger partial charge on any atom is 0.223 e. The molecule has 0 unspecified atom stereocenters. The molecule has 1 fully saturated rings. The number of nitrogens with zero attached hydrogens (tertiary/aromatic N) is 2. The average molecular weight is 278 g/mol. The largest absolute Gasteiger partial charge is 0.503 e. The Kier molecular flexibility index (Phi) is 5.24. The molecule has 2 rings (SSSR count). The third kappa shape index (κ3) is 3.42. The molecular formula is C16H26N2O2. The average Bonchev–Trinajstić information content (AvgIpc) is 2.92. The number of hydrogen-bond donors (Lipinski definition) is 1. The lowest BCUT2D eigenvalue weighted by atomic mass is 10.2. The first-order valence-corrected chi connectivity index (χ1v) is 7.78. The van der Waals surface area contributed by atoms with Gasteiger partial charge in [-0.25, -0.2) is 0 Å². The van der Waals surface area contributed by atoms with E-state index < -0.39 is 0 Å². The lowest BCUT2D eigenvalue weighted by Crippen LogP contribution is -2.25. The van der Waals surface area contributed by atoms with Crippen LogP contribution in [0.1, 0.15) is 50.4 Å². The molecule has 1 N–H and O–H groups in total. The minimum atomic E-state index is -0.247. The van der Waals surface area contributed by atoms with Crippen LogP contribution >= 0.6 is 0 Å². The van der Waals surface area contributed by atoms with Gasteiger partial charge in [-0.05, 0) is 39.3 Å². The van der Waals surface area contributed by atoms with Crippen LogP contribution in [-0.4, -0.2) is 27.7 Å². The topological polar surface area (TPSA) is 45.5 Å². The molecule has 4 nitrogen and oxygen atoms in total. The maximum atomic E-state index is 11.8. The molecule has 0 aliphatic carbocycles. The van der Waals surface area contributed by atoms with Crippen molar-refractivity contribution in [1.82, 2.24) is 9.47 Å². The Hall–Kier alpha value is -1.29. The van der Waals surface area contributed by atoms with E-state index >= 15 is 0 Å². The van der Waals surface area contributed by atoms with Crippen LogP contribution in [0.5, 0.6) is 5.75 Å². The molecule has 20 heavy (non-hydrogen) atoms. The van der Waals surface area contributed by atoms with Crippen molar-refractivity contribution in [2.45, 2.75) is 59.0 Å². The van der Waals surface area contributed by atoms with Gasteiger partial charge >= 0.3 is 0 Å². The van der Waals surface area contributed by atoms with Crippen molar-refractivity contribution in [2.24, 2.45) is 0 Å². The molecule has 0 atom stereocenters. The van der Waals surface area contributed by atoms with E-state index in [-0.39, 0.29) is 11.2 Å². The molecule has 1 aromatic heterocycles. The number of aromatic hydroxyl groups is 1. The predicted octanol–water partition coefficient (Wildman–Crippen LogP) is 2.65. The number of aryl methyl sites for hydroxylation is 1. The van der Waals surface area contributed by atoms with Crippen molar-refractivity contribution in [1.29, 1.82) is 0 Å². The van der Waals surface area contributed by atoms with E-state index in [0.717, 1.165) is 37.4 Å². The first kappa shape index (κ1) is 15.1. The normalized spacial score (nSPS) is 15.9. The summed E-state index contributed by atoms with van der Waals surface area (Å²) in [5, 5.41) is 10.2. The molecule has 0 bridgehead atoms. The summed E-state index contributed by atoms with van der Waals surface area (Å²) in [6, 6.07) is 1.55. The fraction of sp³-hybridized carbons (Fsp3) is 0.688. The van der Waals surface area contributed by atoms with Crippen molar-refractivity contribution in [2.75, 3.05) is 13.1 Å². The summed E-state index contributed by atoms with van der Waals surface area (Å²) in [5.41, 5.74) is 1.51. The molecule has 0 aromatic carbocycles. The highest BCUT2D eigenvalue weighted by molar-refractivity contribution is 5.29. The Labute approximate surface area is 121 Å². The molecule has 0 saturated carbocycles. The van der Waals surface area contributed by atoms with Crippen LogP contribution in [0.2, 0.25) is 0 Å². The predicted molar refractivity (Wildman–Crippen MR) is 81.1 cm³/mol. The second kappa shape index (κ2) is 6.93. The summed E-state index contributed by atoms with van der Waals surface area (Å²) < 4.78 is 2.13. The highest BCUT2D eigenvalue weighted by Gasteiger charge is 2.18. The van der Waals surface area contributed by atoms with Gasteiger partial charge in [-0.3, -0.25) is 9.69 Å². The molecule has 1 saturated heterocycles. The molecule has 1 aliphatic rings. The molecule has 0 spiro atoms. The van der Waals surface area contributed by atoms with Crippen molar-refractivity contribution in [3.63, 3.8) is 0 Å². The summed E-state index contributed by atoms with van der Waals surface area (Å²) in [6.45, 7) is 7.85. The standard InChI is InChI=1S/C16H26N2O2/c1-3-4-5-10-18-13(2)11-15(19)16(20)14(18)12-17-8-6-7-9-17/h11,20H,3-10,12H2,1-2H3. The SMILES string of the molecule is CCCCCn1c(C)cc(=O)c(O)c1CN1CCCC1. The fourth-order valence-electron chi connectivity index (χ4n) is 2.96. The molecule has 112 valence electrons. The van der Waals surface area contributed by atoms with Crippen LogP contribution in [0.25, 0.3) is 0 Å². The molecule has 2 heterocycles. The Morgan fingerprint density at radius 2 is 1.95 bits per heavy atom. The summed E-state index contributed by atoms with van der Waals surface area (Å²) in [4.78, 5) is 14.2. The van der Waals surface area contributed by atoms with Gasteiger partial charge in [0, 0.05) is 24.8 Å². The van der Waals surface area contributed by atoms with Crippen molar-refractivity contribution < 1.29 is 5.11 Å². The smallest absolute Gasteiger partial charge is 0.223 e.